The van der Waals surface area contributed by atoms with Gasteiger partial charge in [-0.2, -0.15) is 0 Å². The largest absolute Gasteiger partial charge is 0.393 e. The van der Waals surface area contributed by atoms with Gasteiger partial charge in [0.1, 0.15) is 5.82 Å². The van der Waals surface area contributed by atoms with E-state index < -0.39 is 11.9 Å². The van der Waals surface area contributed by atoms with Crippen molar-refractivity contribution in [3.05, 3.63) is 75.8 Å². The molecular formula is C23H23BrFNO2. The minimum absolute atomic E-state index is 0.0297. The number of rotatable bonds is 5. The summed E-state index contributed by atoms with van der Waals surface area (Å²) in [5.41, 5.74) is 2.73. The maximum Gasteiger partial charge on any atom is 0.165 e. The van der Waals surface area contributed by atoms with Gasteiger partial charge in [-0.1, -0.05) is 40.9 Å². The first kappa shape index (κ1) is 19.3. The van der Waals surface area contributed by atoms with E-state index in [2.05, 4.69) is 15.9 Å². The van der Waals surface area contributed by atoms with Crippen LogP contribution in [0.4, 0.5) is 4.39 Å². The average Bonchev–Trinajstić information content (AvgIpc) is 3.05. The number of Topliss-reactive ketones (excluding diaryl/α,β-unsaturated/α-hetero) is 1. The molecule has 0 aliphatic heterocycles. The quantitative estimate of drug-likeness (QED) is 0.524. The first-order valence-corrected chi connectivity index (χ1v) is 10.6. The van der Waals surface area contributed by atoms with E-state index in [-0.39, 0.29) is 18.1 Å². The van der Waals surface area contributed by atoms with E-state index in [9.17, 15) is 14.3 Å². The molecule has 1 aliphatic rings. The highest BCUT2D eigenvalue weighted by Gasteiger charge is 2.27. The Kier molecular flexibility index (Phi) is 5.65. The van der Waals surface area contributed by atoms with Crippen molar-refractivity contribution in [2.24, 2.45) is 5.92 Å². The van der Waals surface area contributed by atoms with Crippen molar-refractivity contribution in [1.29, 1.82) is 0 Å². The van der Waals surface area contributed by atoms with E-state index in [4.69, 9.17) is 0 Å². The fourth-order valence-electron chi connectivity index (χ4n) is 4.22. The lowest BCUT2D eigenvalue weighted by Crippen LogP contribution is -2.26. The van der Waals surface area contributed by atoms with Crippen LogP contribution in [-0.4, -0.2) is 21.4 Å². The molecule has 1 aliphatic carbocycles. The summed E-state index contributed by atoms with van der Waals surface area (Å²) in [5.74, 6) is -0.509. The van der Waals surface area contributed by atoms with Crippen LogP contribution >= 0.6 is 15.9 Å². The highest BCUT2D eigenvalue weighted by Crippen LogP contribution is 2.30. The second-order valence-electron chi connectivity index (χ2n) is 7.67. The summed E-state index contributed by atoms with van der Waals surface area (Å²) in [5, 5.41) is 10.2. The molecule has 1 fully saturated rings. The Morgan fingerprint density at radius 3 is 2.68 bits per heavy atom. The van der Waals surface area contributed by atoms with Gasteiger partial charge >= 0.3 is 0 Å². The van der Waals surface area contributed by atoms with Crippen LogP contribution in [0, 0.1) is 11.7 Å². The highest BCUT2D eigenvalue weighted by atomic mass is 79.9. The number of pyridine rings is 1. The van der Waals surface area contributed by atoms with Gasteiger partial charge in [0.2, 0.25) is 0 Å². The van der Waals surface area contributed by atoms with Crippen molar-refractivity contribution in [3.63, 3.8) is 0 Å². The molecule has 1 saturated carbocycles. The van der Waals surface area contributed by atoms with Crippen LogP contribution in [0.15, 0.2) is 53.1 Å². The molecule has 4 rings (SSSR count). The molecule has 5 heteroatoms. The predicted molar refractivity (Wildman–Crippen MR) is 111 cm³/mol. The summed E-state index contributed by atoms with van der Waals surface area (Å²) in [6.07, 6.45) is 5.90. The van der Waals surface area contributed by atoms with E-state index in [0.29, 0.717) is 17.5 Å². The lowest BCUT2D eigenvalue weighted by molar-refractivity contribution is 0.0584. The Hall–Kier alpha value is -1.98. The molecule has 0 radical (unpaired) electrons. The normalized spacial score (nSPS) is 19.8. The van der Waals surface area contributed by atoms with Crippen molar-refractivity contribution in [2.75, 3.05) is 0 Å². The van der Waals surface area contributed by atoms with E-state index >= 15 is 0 Å². The van der Waals surface area contributed by atoms with Gasteiger partial charge in [-0.05, 0) is 54.7 Å². The van der Waals surface area contributed by atoms with E-state index in [1.165, 1.54) is 6.07 Å². The number of benzene rings is 1. The van der Waals surface area contributed by atoms with Crippen molar-refractivity contribution >= 4 is 27.2 Å². The van der Waals surface area contributed by atoms with Gasteiger partial charge in [-0.15, -0.1) is 0 Å². The van der Waals surface area contributed by atoms with Crippen molar-refractivity contribution in [3.8, 4) is 0 Å². The number of carbonyl (C=O) groups excluding carboxylic acids is 1. The number of nitrogens with zero attached hydrogens (tertiary/aromatic N) is 1. The Morgan fingerprint density at radius 1 is 1.18 bits per heavy atom. The first-order chi connectivity index (χ1) is 13.5. The SMILES string of the molecule is O=C(C[C@H]1CCCC[C@@H]1O)c1cc(Cc2ccc(Br)cc2)n2cccc(F)c12. The lowest BCUT2D eigenvalue weighted by Gasteiger charge is -2.26. The summed E-state index contributed by atoms with van der Waals surface area (Å²) in [7, 11) is 0. The summed E-state index contributed by atoms with van der Waals surface area (Å²) in [6.45, 7) is 0. The van der Waals surface area contributed by atoms with Gasteiger partial charge in [0.25, 0.3) is 0 Å². The fraction of sp³-hybridized carbons (Fsp3) is 0.348. The summed E-state index contributed by atoms with van der Waals surface area (Å²) < 4.78 is 17.4. The molecule has 0 unspecified atom stereocenters. The molecule has 0 saturated heterocycles. The van der Waals surface area contributed by atoms with Gasteiger partial charge in [0.15, 0.2) is 5.78 Å². The topological polar surface area (TPSA) is 41.7 Å². The number of ketones is 1. The Balaban J connectivity index is 1.68. The van der Waals surface area contributed by atoms with Crippen molar-refractivity contribution in [2.45, 2.75) is 44.6 Å². The van der Waals surface area contributed by atoms with Crippen LogP contribution in [0.2, 0.25) is 0 Å². The smallest absolute Gasteiger partial charge is 0.165 e. The molecule has 0 amide bonds. The van der Waals surface area contributed by atoms with E-state index in [1.54, 1.807) is 16.7 Å². The number of hydrogen-bond donors (Lipinski definition) is 1. The number of fused-ring (bicyclic) bond motifs is 1. The maximum atomic E-state index is 14.6. The van der Waals surface area contributed by atoms with Gasteiger partial charge in [0.05, 0.1) is 11.6 Å². The zero-order chi connectivity index (χ0) is 19.7. The summed E-state index contributed by atoms with van der Waals surface area (Å²) in [4.78, 5) is 13.0. The first-order valence-electron chi connectivity index (χ1n) is 9.77. The van der Waals surface area contributed by atoms with Crippen LogP contribution in [0.1, 0.15) is 53.7 Å². The minimum Gasteiger partial charge on any atom is -0.393 e. The number of carbonyl (C=O) groups is 1. The maximum absolute atomic E-state index is 14.6. The van der Waals surface area contributed by atoms with Crippen molar-refractivity contribution < 1.29 is 14.3 Å². The number of hydrogen-bond acceptors (Lipinski definition) is 2. The molecule has 2 atom stereocenters. The van der Waals surface area contributed by atoms with Crippen LogP contribution in [0.3, 0.4) is 0 Å². The monoisotopic (exact) mass is 443 g/mol. The third-order valence-electron chi connectivity index (χ3n) is 5.74. The number of aliphatic hydroxyl groups excluding tert-OH is 1. The highest BCUT2D eigenvalue weighted by molar-refractivity contribution is 9.10. The fourth-order valence-corrected chi connectivity index (χ4v) is 4.48. The third-order valence-corrected chi connectivity index (χ3v) is 6.26. The van der Waals surface area contributed by atoms with E-state index in [0.717, 1.165) is 41.4 Å². The summed E-state index contributed by atoms with van der Waals surface area (Å²) in [6, 6.07) is 12.9. The summed E-state index contributed by atoms with van der Waals surface area (Å²) >= 11 is 3.44. The van der Waals surface area contributed by atoms with Gasteiger partial charge in [-0.25, -0.2) is 4.39 Å². The van der Waals surface area contributed by atoms with Gasteiger partial charge < -0.3 is 9.51 Å². The molecule has 2 heterocycles. The van der Waals surface area contributed by atoms with Crippen LogP contribution in [0.25, 0.3) is 5.52 Å². The lowest BCUT2D eigenvalue weighted by atomic mass is 9.82. The standard InChI is InChI=1S/C23H23BrFNO2/c24-17-9-7-15(8-10-17)12-18-14-19(23-20(25)5-3-11-26(18)23)22(28)13-16-4-1-2-6-21(16)27/h3,5,7-11,14,16,21,27H,1-2,4,6,12-13H2/t16-,21+/m1/s1. The molecule has 2 aromatic heterocycles. The number of aliphatic hydroxyl groups is 1. The molecule has 146 valence electrons. The van der Waals surface area contributed by atoms with E-state index in [1.807, 2.05) is 30.3 Å². The Morgan fingerprint density at radius 2 is 1.93 bits per heavy atom. The molecule has 28 heavy (non-hydrogen) atoms. The molecular weight excluding hydrogens is 421 g/mol. The molecule has 3 nitrogen and oxygen atoms in total. The Bertz CT molecular complexity index is 996. The second-order valence-corrected chi connectivity index (χ2v) is 8.58. The molecule has 1 N–H and O–H groups in total. The van der Waals surface area contributed by atoms with Gasteiger partial charge in [-0.3, -0.25) is 4.79 Å². The second kappa shape index (κ2) is 8.18. The van der Waals surface area contributed by atoms with Crippen LogP contribution in [-0.2, 0) is 6.42 Å². The van der Waals surface area contributed by atoms with Crippen molar-refractivity contribution in [1.82, 2.24) is 4.40 Å². The number of aromatic nitrogens is 1. The zero-order valence-corrected chi connectivity index (χ0v) is 17.2. The van der Waals surface area contributed by atoms with Crippen LogP contribution in [0.5, 0.6) is 0 Å². The van der Waals surface area contributed by atoms with Crippen LogP contribution < -0.4 is 0 Å². The molecule has 0 spiro atoms. The zero-order valence-electron chi connectivity index (χ0n) is 15.6. The minimum atomic E-state index is -0.432. The molecule has 1 aromatic carbocycles. The van der Waals surface area contributed by atoms with Gasteiger partial charge in [0, 0.05) is 34.8 Å². The third kappa shape index (κ3) is 3.91. The Labute approximate surface area is 172 Å². The molecule has 3 aromatic rings. The molecule has 0 bridgehead atoms. The average molecular weight is 444 g/mol. The number of halogens is 2. The predicted octanol–water partition coefficient (Wildman–Crippen LogP) is 5.56.